The number of hydrogen-bond donors (Lipinski definition) is 1. The average molecular weight is 227 g/mol. The van der Waals surface area contributed by atoms with Crippen molar-refractivity contribution in [2.24, 2.45) is 5.73 Å². The van der Waals surface area contributed by atoms with Crippen molar-refractivity contribution in [3.63, 3.8) is 0 Å². The monoisotopic (exact) mass is 227 g/mol. The maximum absolute atomic E-state index is 6.04. The lowest BCUT2D eigenvalue weighted by atomic mass is 10.2. The molecule has 1 heterocycles. The Morgan fingerprint density at radius 2 is 2.27 bits per heavy atom. The molecule has 2 N–H and O–H groups in total. The number of aromatic nitrogens is 2. The molecule has 1 aromatic heterocycles. The zero-order valence-corrected chi connectivity index (χ0v) is 10.6. The molecule has 1 rings (SSSR count). The Labute approximate surface area is 96.5 Å². The molecule has 0 amide bonds. The molecule has 4 heteroatoms. The van der Waals surface area contributed by atoms with E-state index in [1.54, 1.807) is 0 Å². The van der Waals surface area contributed by atoms with Crippen molar-refractivity contribution in [2.75, 3.05) is 11.5 Å². The Morgan fingerprint density at radius 3 is 2.87 bits per heavy atom. The molecule has 0 radical (unpaired) electrons. The number of nitrogens with zero attached hydrogens (tertiary/aromatic N) is 2. The van der Waals surface area contributed by atoms with Gasteiger partial charge in [-0.05, 0) is 19.1 Å². The number of hydrogen-bond acceptors (Lipinski definition) is 3. The van der Waals surface area contributed by atoms with Crippen molar-refractivity contribution in [1.29, 1.82) is 0 Å². The first-order valence-corrected chi connectivity index (χ1v) is 6.71. The minimum absolute atomic E-state index is 0.113. The van der Waals surface area contributed by atoms with E-state index >= 15 is 0 Å². The highest BCUT2D eigenvalue weighted by Gasteiger charge is 2.13. The summed E-state index contributed by atoms with van der Waals surface area (Å²) in [5, 5.41) is 0. The van der Waals surface area contributed by atoms with Crippen molar-refractivity contribution in [3.8, 4) is 0 Å². The van der Waals surface area contributed by atoms with Crippen LogP contribution < -0.4 is 5.73 Å². The van der Waals surface area contributed by atoms with Crippen molar-refractivity contribution in [2.45, 2.75) is 39.3 Å². The third kappa shape index (κ3) is 3.24. The topological polar surface area (TPSA) is 43.8 Å². The van der Waals surface area contributed by atoms with E-state index in [0.29, 0.717) is 6.04 Å². The highest BCUT2D eigenvalue weighted by atomic mass is 32.2. The van der Waals surface area contributed by atoms with Crippen LogP contribution in [0, 0.1) is 0 Å². The Bertz CT molecular complexity index is 285. The minimum atomic E-state index is 0.113. The molecule has 3 nitrogen and oxygen atoms in total. The van der Waals surface area contributed by atoms with Crippen LogP contribution in [0.4, 0.5) is 0 Å². The van der Waals surface area contributed by atoms with Crippen LogP contribution in [0.25, 0.3) is 0 Å². The van der Waals surface area contributed by atoms with Crippen LogP contribution in [-0.4, -0.2) is 21.1 Å². The molecule has 1 unspecified atom stereocenters. The van der Waals surface area contributed by atoms with Crippen molar-refractivity contribution in [3.05, 3.63) is 18.2 Å². The zero-order valence-electron chi connectivity index (χ0n) is 9.81. The standard InChI is InChI=1S/C11H21N3S/c1-4-10(12)11-6-13-8-14(11)9(3)7-15-5-2/h6,8-10H,4-5,7,12H2,1-3H3/t9?,10-/m1/s1. The van der Waals surface area contributed by atoms with Gasteiger partial charge in [0.1, 0.15) is 0 Å². The molecule has 0 bridgehead atoms. The molecule has 0 saturated heterocycles. The number of imidazole rings is 1. The fourth-order valence-corrected chi connectivity index (χ4v) is 2.29. The average Bonchev–Trinajstić information content (AvgIpc) is 2.73. The van der Waals surface area contributed by atoms with Gasteiger partial charge in [-0.3, -0.25) is 0 Å². The highest BCUT2D eigenvalue weighted by molar-refractivity contribution is 7.99. The molecule has 1 aromatic rings. The minimum Gasteiger partial charge on any atom is -0.330 e. The zero-order chi connectivity index (χ0) is 11.3. The number of nitrogens with two attached hydrogens (primary N) is 1. The molecule has 0 aliphatic rings. The second kappa shape index (κ2) is 6.18. The van der Waals surface area contributed by atoms with Gasteiger partial charge in [0, 0.05) is 24.0 Å². The highest BCUT2D eigenvalue weighted by Crippen LogP contribution is 2.20. The maximum atomic E-state index is 6.04. The Morgan fingerprint density at radius 1 is 1.53 bits per heavy atom. The summed E-state index contributed by atoms with van der Waals surface area (Å²) in [6.45, 7) is 6.51. The predicted molar refractivity (Wildman–Crippen MR) is 67.2 cm³/mol. The summed E-state index contributed by atoms with van der Waals surface area (Å²) < 4.78 is 2.21. The van der Waals surface area contributed by atoms with Crippen LogP contribution in [-0.2, 0) is 0 Å². The molecule has 2 atom stereocenters. The van der Waals surface area contributed by atoms with Gasteiger partial charge in [-0.1, -0.05) is 13.8 Å². The van der Waals surface area contributed by atoms with Gasteiger partial charge < -0.3 is 10.3 Å². The van der Waals surface area contributed by atoms with Crippen LogP contribution in [0.15, 0.2) is 12.5 Å². The van der Waals surface area contributed by atoms with Gasteiger partial charge in [0.15, 0.2) is 0 Å². The van der Waals surface area contributed by atoms with Gasteiger partial charge in [-0.15, -0.1) is 0 Å². The first-order valence-electron chi connectivity index (χ1n) is 5.55. The van der Waals surface area contributed by atoms with Crippen molar-refractivity contribution < 1.29 is 0 Å². The van der Waals surface area contributed by atoms with Crippen LogP contribution >= 0.6 is 11.8 Å². The second-order valence-corrected chi connectivity index (χ2v) is 5.07. The molecular formula is C11H21N3S. The van der Waals surface area contributed by atoms with E-state index in [0.717, 1.165) is 23.6 Å². The summed E-state index contributed by atoms with van der Waals surface area (Å²) in [4.78, 5) is 4.19. The first kappa shape index (κ1) is 12.6. The van der Waals surface area contributed by atoms with E-state index in [1.807, 2.05) is 24.3 Å². The van der Waals surface area contributed by atoms with Crippen molar-refractivity contribution >= 4 is 11.8 Å². The summed E-state index contributed by atoms with van der Waals surface area (Å²) in [6, 6.07) is 0.589. The lowest BCUT2D eigenvalue weighted by Crippen LogP contribution is -2.17. The summed E-state index contributed by atoms with van der Waals surface area (Å²) in [6.07, 6.45) is 4.74. The molecule has 15 heavy (non-hydrogen) atoms. The van der Waals surface area contributed by atoms with E-state index in [9.17, 15) is 0 Å². The van der Waals surface area contributed by atoms with Gasteiger partial charge >= 0.3 is 0 Å². The van der Waals surface area contributed by atoms with Gasteiger partial charge in [0.05, 0.1) is 12.0 Å². The van der Waals surface area contributed by atoms with Gasteiger partial charge in [0.25, 0.3) is 0 Å². The fourth-order valence-electron chi connectivity index (χ4n) is 1.55. The third-order valence-corrected chi connectivity index (χ3v) is 3.68. The first-order chi connectivity index (χ1) is 7.20. The predicted octanol–water partition coefficient (Wildman–Crippen LogP) is 2.61. The van der Waals surface area contributed by atoms with E-state index in [4.69, 9.17) is 5.73 Å². The molecule has 0 aromatic carbocycles. The third-order valence-electron chi connectivity index (χ3n) is 2.55. The number of rotatable bonds is 6. The van der Waals surface area contributed by atoms with Crippen LogP contribution in [0.3, 0.4) is 0 Å². The smallest absolute Gasteiger partial charge is 0.0951 e. The Hall–Kier alpha value is -0.480. The van der Waals surface area contributed by atoms with E-state index < -0.39 is 0 Å². The van der Waals surface area contributed by atoms with Crippen molar-refractivity contribution in [1.82, 2.24) is 9.55 Å². The fraction of sp³-hybridized carbons (Fsp3) is 0.727. The Balaban J connectivity index is 2.71. The lowest BCUT2D eigenvalue weighted by molar-refractivity contribution is 0.540. The second-order valence-electron chi connectivity index (χ2n) is 3.75. The lowest BCUT2D eigenvalue weighted by Gasteiger charge is -2.18. The summed E-state index contributed by atoms with van der Waals surface area (Å²) in [7, 11) is 0. The maximum Gasteiger partial charge on any atom is 0.0951 e. The van der Waals surface area contributed by atoms with E-state index in [-0.39, 0.29) is 6.04 Å². The quantitative estimate of drug-likeness (QED) is 0.812. The molecule has 0 saturated carbocycles. The van der Waals surface area contributed by atoms with Gasteiger partial charge in [-0.25, -0.2) is 4.98 Å². The molecular weight excluding hydrogens is 206 g/mol. The van der Waals surface area contributed by atoms with Gasteiger partial charge in [0.2, 0.25) is 0 Å². The SMILES string of the molecule is CCSCC(C)n1cncc1[C@H](N)CC. The largest absolute Gasteiger partial charge is 0.330 e. The molecule has 0 fully saturated rings. The summed E-state index contributed by atoms with van der Waals surface area (Å²) in [5.74, 6) is 2.28. The van der Waals surface area contributed by atoms with E-state index in [1.165, 1.54) is 0 Å². The van der Waals surface area contributed by atoms with Crippen LogP contribution in [0.2, 0.25) is 0 Å². The van der Waals surface area contributed by atoms with Gasteiger partial charge in [-0.2, -0.15) is 11.8 Å². The summed E-state index contributed by atoms with van der Waals surface area (Å²) >= 11 is 1.95. The molecule has 0 aliphatic heterocycles. The number of thioether (sulfide) groups is 1. The van der Waals surface area contributed by atoms with Crippen LogP contribution in [0.1, 0.15) is 45.0 Å². The van der Waals surface area contributed by atoms with E-state index in [2.05, 4.69) is 30.3 Å². The normalized spacial score (nSPS) is 15.2. The molecule has 86 valence electrons. The summed E-state index contributed by atoms with van der Waals surface area (Å²) in [5.41, 5.74) is 7.19. The molecule has 0 aliphatic carbocycles. The van der Waals surface area contributed by atoms with Crippen LogP contribution in [0.5, 0.6) is 0 Å². The Kier molecular flexibility index (Phi) is 5.19. The molecule has 0 spiro atoms.